The monoisotopic (exact) mass is 263 g/mol. The van der Waals surface area contributed by atoms with Gasteiger partial charge in [0.2, 0.25) is 0 Å². The summed E-state index contributed by atoms with van der Waals surface area (Å²) in [4.78, 5) is 33.9. The standard InChI is InChI=1S/C14H17NO4/c1-14(2,3)13(17)9-8-12(16)10-6-4-5-7-11(10)15(18)19/h4-7H,8-9H2,1-3H3. The quantitative estimate of drug-likeness (QED) is 0.464. The van der Waals surface area contributed by atoms with Crippen molar-refractivity contribution >= 4 is 17.3 Å². The highest BCUT2D eigenvalue weighted by Crippen LogP contribution is 2.22. The zero-order valence-corrected chi connectivity index (χ0v) is 11.3. The van der Waals surface area contributed by atoms with Crippen molar-refractivity contribution in [3.63, 3.8) is 0 Å². The highest BCUT2D eigenvalue weighted by molar-refractivity contribution is 6.01. The average Bonchev–Trinajstić information content (AvgIpc) is 2.34. The normalized spacial score (nSPS) is 11.1. The van der Waals surface area contributed by atoms with E-state index in [0.29, 0.717) is 0 Å². The van der Waals surface area contributed by atoms with E-state index in [1.54, 1.807) is 26.8 Å². The maximum absolute atomic E-state index is 11.9. The van der Waals surface area contributed by atoms with E-state index in [1.165, 1.54) is 18.2 Å². The lowest BCUT2D eigenvalue weighted by molar-refractivity contribution is -0.385. The van der Waals surface area contributed by atoms with E-state index in [-0.39, 0.29) is 35.7 Å². The number of nitro groups is 1. The fourth-order valence-electron chi connectivity index (χ4n) is 1.61. The molecule has 0 aliphatic carbocycles. The van der Waals surface area contributed by atoms with E-state index in [0.717, 1.165) is 0 Å². The molecule has 5 nitrogen and oxygen atoms in total. The van der Waals surface area contributed by atoms with Crippen molar-refractivity contribution in [2.45, 2.75) is 33.6 Å². The summed E-state index contributed by atoms with van der Waals surface area (Å²) in [6.07, 6.45) is 0.106. The van der Waals surface area contributed by atoms with Crippen molar-refractivity contribution in [1.29, 1.82) is 0 Å². The molecule has 0 N–H and O–H groups in total. The summed E-state index contributed by atoms with van der Waals surface area (Å²) in [6.45, 7) is 5.35. The molecule has 0 radical (unpaired) electrons. The fourth-order valence-corrected chi connectivity index (χ4v) is 1.61. The molecule has 1 rings (SSSR count). The molecule has 102 valence electrons. The van der Waals surface area contributed by atoms with Crippen LogP contribution >= 0.6 is 0 Å². The molecule has 0 heterocycles. The molecule has 0 aliphatic rings. The number of rotatable bonds is 5. The van der Waals surface area contributed by atoms with Gasteiger partial charge >= 0.3 is 0 Å². The molecule has 0 aromatic heterocycles. The van der Waals surface area contributed by atoms with Crippen LogP contribution in [0.1, 0.15) is 44.0 Å². The minimum Gasteiger partial charge on any atom is -0.299 e. The van der Waals surface area contributed by atoms with Gasteiger partial charge < -0.3 is 0 Å². The van der Waals surface area contributed by atoms with Crippen molar-refractivity contribution in [3.05, 3.63) is 39.9 Å². The van der Waals surface area contributed by atoms with Crippen LogP contribution in [-0.2, 0) is 4.79 Å². The Balaban J connectivity index is 2.80. The Morgan fingerprint density at radius 2 is 1.74 bits per heavy atom. The number of para-hydroxylation sites is 1. The number of nitrogens with zero attached hydrogens (tertiary/aromatic N) is 1. The second-order valence-electron chi connectivity index (χ2n) is 5.37. The van der Waals surface area contributed by atoms with Gasteiger partial charge in [0.25, 0.3) is 5.69 Å². The van der Waals surface area contributed by atoms with Crippen molar-refractivity contribution in [3.8, 4) is 0 Å². The van der Waals surface area contributed by atoms with Gasteiger partial charge in [0, 0.05) is 24.3 Å². The number of carbonyl (C=O) groups excluding carboxylic acids is 2. The summed E-state index contributed by atoms with van der Waals surface area (Å²) in [5.41, 5.74) is -0.645. The molecule has 1 aromatic carbocycles. The molecule has 0 amide bonds. The first kappa shape index (κ1) is 15.0. The Hall–Kier alpha value is -2.04. The van der Waals surface area contributed by atoms with Gasteiger partial charge in [0.1, 0.15) is 5.78 Å². The zero-order chi connectivity index (χ0) is 14.6. The molecule has 5 heteroatoms. The Bertz CT molecular complexity index is 514. The van der Waals surface area contributed by atoms with Crippen LogP contribution in [0.15, 0.2) is 24.3 Å². The third kappa shape index (κ3) is 3.98. The first-order valence-corrected chi connectivity index (χ1v) is 6.03. The van der Waals surface area contributed by atoms with Crippen molar-refractivity contribution in [1.82, 2.24) is 0 Å². The number of nitro benzene ring substituents is 1. The Kier molecular flexibility index (Phi) is 4.53. The SMILES string of the molecule is CC(C)(C)C(=O)CCC(=O)c1ccccc1[N+](=O)[O-]. The molecule has 0 atom stereocenters. The zero-order valence-electron chi connectivity index (χ0n) is 11.3. The lowest BCUT2D eigenvalue weighted by Crippen LogP contribution is -2.20. The summed E-state index contributed by atoms with van der Waals surface area (Å²) in [7, 11) is 0. The van der Waals surface area contributed by atoms with Crippen molar-refractivity contribution in [2.75, 3.05) is 0 Å². The third-order valence-electron chi connectivity index (χ3n) is 2.82. The van der Waals surface area contributed by atoms with Crippen molar-refractivity contribution in [2.24, 2.45) is 5.41 Å². The molecule has 1 aromatic rings. The predicted molar refractivity (Wildman–Crippen MR) is 71.1 cm³/mol. The number of ketones is 2. The summed E-state index contributed by atoms with van der Waals surface area (Å²) >= 11 is 0. The molecule has 0 unspecified atom stereocenters. The first-order valence-electron chi connectivity index (χ1n) is 6.03. The lowest BCUT2D eigenvalue weighted by Gasteiger charge is -2.15. The molecule has 0 spiro atoms. The van der Waals surface area contributed by atoms with Gasteiger partial charge in [-0.3, -0.25) is 19.7 Å². The van der Waals surface area contributed by atoms with Crippen molar-refractivity contribution < 1.29 is 14.5 Å². The van der Waals surface area contributed by atoms with Gasteiger partial charge in [0.05, 0.1) is 10.5 Å². The summed E-state index contributed by atoms with van der Waals surface area (Å²) in [6, 6.07) is 5.79. The van der Waals surface area contributed by atoms with Crippen LogP contribution < -0.4 is 0 Å². The van der Waals surface area contributed by atoms with Crippen LogP contribution in [0.2, 0.25) is 0 Å². The molecule has 0 aliphatic heterocycles. The molecule has 0 bridgehead atoms. The molecule has 0 saturated heterocycles. The minimum absolute atomic E-state index is 0.000949. The number of hydrogen-bond donors (Lipinski definition) is 0. The molecule has 19 heavy (non-hydrogen) atoms. The van der Waals surface area contributed by atoms with Crippen LogP contribution in [0.5, 0.6) is 0 Å². The molecule has 0 saturated carbocycles. The van der Waals surface area contributed by atoms with Gasteiger partial charge in [-0.15, -0.1) is 0 Å². The van der Waals surface area contributed by atoms with E-state index in [9.17, 15) is 19.7 Å². The molecular formula is C14H17NO4. The number of benzene rings is 1. The number of carbonyl (C=O) groups is 2. The Labute approximate surface area is 111 Å². The van der Waals surface area contributed by atoms with E-state index >= 15 is 0 Å². The summed E-state index contributed by atoms with van der Waals surface area (Å²) in [5, 5.41) is 10.8. The number of hydrogen-bond acceptors (Lipinski definition) is 4. The minimum atomic E-state index is -0.585. The smallest absolute Gasteiger partial charge is 0.280 e. The summed E-state index contributed by atoms with van der Waals surface area (Å²) < 4.78 is 0. The fraction of sp³-hybridized carbons (Fsp3) is 0.429. The molecular weight excluding hydrogens is 246 g/mol. The molecule has 0 fully saturated rings. The van der Waals surface area contributed by atoms with Crippen LogP contribution in [0.25, 0.3) is 0 Å². The van der Waals surface area contributed by atoms with Gasteiger partial charge in [-0.2, -0.15) is 0 Å². The Morgan fingerprint density at radius 1 is 1.16 bits per heavy atom. The van der Waals surface area contributed by atoms with E-state index in [1.807, 2.05) is 0 Å². The average molecular weight is 263 g/mol. The maximum atomic E-state index is 11.9. The Morgan fingerprint density at radius 3 is 2.26 bits per heavy atom. The predicted octanol–water partition coefficient (Wildman–Crippen LogP) is 3.17. The topological polar surface area (TPSA) is 77.3 Å². The lowest BCUT2D eigenvalue weighted by atomic mass is 9.87. The van der Waals surface area contributed by atoms with Gasteiger partial charge in [-0.05, 0) is 6.07 Å². The van der Waals surface area contributed by atoms with Gasteiger partial charge in [-0.25, -0.2) is 0 Å². The van der Waals surface area contributed by atoms with Crippen LogP contribution in [0.3, 0.4) is 0 Å². The van der Waals surface area contributed by atoms with Crippen LogP contribution in [0.4, 0.5) is 5.69 Å². The van der Waals surface area contributed by atoms with E-state index in [4.69, 9.17) is 0 Å². The van der Waals surface area contributed by atoms with Gasteiger partial charge in [0.15, 0.2) is 5.78 Å². The second kappa shape index (κ2) is 5.73. The first-order chi connectivity index (χ1) is 8.73. The van der Waals surface area contributed by atoms with Gasteiger partial charge in [-0.1, -0.05) is 32.9 Å². The van der Waals surface area contributed by atoms with Crippen LogP contribution in [-0.4, -0.2) is 16.5 Å². The maximum Gasteiger partial charge on any atom is 0.280 e. The second-order valence-corrected chi connectivity index (χ2v) is 5.37. The number of Topliss-reactive ketones (excluding diaryl/α,β-unsaturated/α-hetero) is 2. The highest BCUT2D eigenvalue weighted by Gasteiger charge is 2.24. The van der Waals surface area contributed by atoms with Crippen LogP contribution in [0, 0.1) is 15.5 Å². The van der Waals surface area contributed by atoms with E-state index in [2.05, 4.69) is 0 Å². The largest absolute Gasteiger partial charge is 0.299 e. The highest BCUT2D eigenvalue weighted by atomic mass is 16.6. The third-order valence-corrected chi connectivity index (χ3v) is 2.82. The summed E-state index contributed by atoms with van der Waals surface area (Å²) in [5.74, 6) is -0.399. The van der Waals surface area contributed by atoms with E-state index < -0.39 is 10.3 Å².